The van der Waals surface area contributed by atoms with Crippen LogP contribution >= 0.6 is 0 Å². The fraction of sp³-hybridized carbons (Fsp3) is 0.444. The zero-order valence-electron chi connectivity index (χ0n) is 13.2. The van der Waals surface area contributed by atoms with Gasteiger partial charge < -0.3 is 15.4 Å². The highest BCUT2D eigenvalue weighted by Crippen LogP contribution is 2.30. The van der Waals surface area contributed by atoms with E-state index in [4.69, 9.17) is 5.73 Å². The smallest absolute Gasteiger partial charge is 0.311 e. The number of rotatable bonds is 5. The van der Waals surface area contributed by atoms with Crippen LogP contribution in [0.3, 0.4) is 0 Å². The lowest BCUT2D eigenvalue weighted by Gasteiger charge is -2.23. The van der Waals surface area contributed by atoms with E-state index in [-0.39, 0.29) is 0 Å². The number of hydrogen-bond donors (Lipinski definition) is 2. The van der Waals surface area contributed by atoms with Crippen molar-refractivity contribution in [2.75, 3.05) is 5.73 Å². The highest BCUT2D eigenvalue weighted by molar-refractivity contribution is 5.76. The van der Waals surface area contributed by atoms with E-state index in [1.165, 1.54) is 32.1 Å². The van der Waals surface area contributed by atoms with Crippen LogP contribution in [0.15, 0.2) is 36.8 Å². The lowest BCUT2D eigenvalue weighted by Crippen LogP contribution is -2.15. The molecule has 1 saturated carbocycles. The molecule has 0 aromatic carbocycles. The van der Waals surface area contributed by atoms with Crippen LogP contribution in [0.1, 0.15) is 55.2 Å². The van der Waals surface area contributed by atoms with E-state index < -0.39 is 11.9 Å². The minimum absolute atomic E-state index is 0.428. The number of hydrogen-bond acceptors (Lipinski definition) is 3. The Hall–Kier alpha value is -2.30. The van der Waals surface area contributed by atoms with Crippen molar-refractivity contribution < 1.29 is 9.90 Å². The fourth-order valence-electron chi connectivity index (χ4n) is 3.38. The Morgan fingerprint density at radius 2 is 2.09 bits per heavy atom. The van der Waals surface area contributed by atoms with Crippen LogP contribution in [0.4, 0.5) is 5.82 Å². The molecule has 1 aliphatic carbocycles. The molecule has 0 aliphatic heterocycles. The van der Waals surface area contributed by atoms with Gasteiger partial charge in [-0.25, -0.2) is 4.98 Å². The average Bonchev–Trinajstić information content (AvgIpc) is 3.04. The Bertz CT molecular complexity index is 657. The van der Waals surface area contributed by atoms with Crippen LogP contribution in [0.5, 0.6) is 0 Å². The van der Waals surface area contributed by atoms with Gasteiger partial charge in [0.25, 0.3) is 0 Å². The lowest BCUT2D eigenvalue weighted by molar-refractivity contribution is -0.138. The van der Waals surface area contributed by atoms with Crippen molar-refractivity contribution in [3.05, 3.63) is 47.9 Å². The van der Waals surface area contributed by atoms with Gasteiger partial charge >= 0.3 is 5.97 Å². The summed E-state index contributed by atoms with van der Waals surface area (Å²) in [5.41, 5.74) is 7.33. The van der Waals surface area contributed by atoms with E-state index in [0.29, 0.717) is 18.3 Å². The maximum atomic E-state index is 11.7. The first-order chi connectivity index (χ1) is 11.1. The van der Waals surface area contributed by atoms with Crippen molar-refractivity contribution in [2.45, 2.75) is 50.5 Å². The SMILES string of the molecule is Nc1ccc(C[C@@H](C(=O)O)c2ccn(C3CCCCC3)c2)cn1. The fourth-order valence-corrected chi connectivity index (χ4v) is 3.38. The van der Waals surface area contributed by atoms with Crippen LogP contribution in [0, 0.1) is 0 Å². The number of aromatic nitrogens is 2. The van der Waals surface area contributed by atoms with Gasteiger partial charge in [-0.05, 0) is 42.5 Å². The monoisotopic (exact) mass is 313 g/mol. The second kappa shape index (κ2) is 6.86. The third-order valence-electron chi connectivity index (χ3n) is 4.72. The lowest BCUT2D eigenvalue weighted by atomic mass is 9.94. The van der Waals surface area contributed by atoms with Crippen molar-refractivity contribution in [3.63, 3.8) is 0 Å². The molecule has 5 nitrogen and oxygen atoms in total. The third-order valence-corrected chi connectivity index (χ3v) is 4.72. The number of pyridine rings is 1. The van der Waals surface area contributed by atoms with E-state index in [0.717, 1.165) is 11.1 Å². The molecule has 1 aliphatic rings. The largest absolute Gasteiger partial charge is 0.481 e. The predicted octanol–water partition coefficient (Wildman–Crippen LogP) is 3.38. The first kappa shape index (κ1) is 15.6. The summed E-state index contributed by atoms with van der Waals surface area (Å²) in [6.07, 6.45) is 12.3. The van der Waals surface area contributed by atoms with Gasteiger partial charge in [0.15, 0.2) is 0 Å². The summed E-state index contributed by atoms with van der Waals surface area (Å²) in [4.78, 5) is 15.7. The molecular weight excluding hydrogens is 290 g/mol. The van der Waals surface area contributed by atoms with Gasteiger partial charge in [0.1, 0.15) is 5.82 Å². The van der Waals surface area contributed by atoms with Crippen LogP contribution in [0.2, 0.25) is 0 Å². The van der Waals surface area contributed by atoms with Crippen molar-refractivity contribution in [3.8, 4) is 0 Å². The number of carboxylic acids is 1. The molecule has 0 amide bonds. The van der Waals surface area contributed by atoms with E-state index in [2.05, 4.69) is 9.55 Å². The van der Waals surface area contributed by atoms with Crippen molar-refractivity contribution >= 4 is 11.8 Å². The Balaban J connectivity index is 1.77. The number of nitrogen functional groups attached to an aromatic ring is 1. The average molecular weight is 313 g/mol. The van der Waals surface area contributed by atoms with Gasteiger partial charge in [0.05, 0.1) is 5.92 Å². The second-order valence-corrected chi connectivity index (χ2v) is 6.37. The molecule has 2 heterocycles. The van der Waals surface area contributed by atoms with Crippen LogP contribution in [-0.4, -0.2) is 20.6 Å². The number of nitrogens with zero attached hydrogens (tertiary/aromatic N) is 2. The molecule has 122 valence electrons. The Labute approximate surface area is 136 Å². The van der Waals surface area contributed by atoms with Crippen molar-refractivity contribution in [2.24, 2.45) is 0 Å². The van der Waals surface area contributed by atoms with Crippen molar-refractivity contribution in [1.82, 2.24) is 9.55 Å². The normalized spacial score (nSPS) is 17.0. The molecule has 0 radical (unpaired) electrons. The molecule has 3 rings (SSSR count). The molecule has 0 bridgehead atoms. The molecule has 2 aromatic rings. The minimum atomic E-state index is -0.803. The number of nitrogens with two attached hydrogens (primary N) is 1. The zero-order chi connectivity index (χ0) is 16.2. The zero-order valence-corrected chi connectivity index (χ0v) is 13.2. The van der Waals surface area contributed by atoms with Gasteiger partial charge in [-0.2, -0.15) is 0 Å². The van der Waals surface area contributed by atoms with Crippen LogP contribution in [-0.2, 0) is 11.2 Å². The number of anilines is 1. The second-order valence-electron chi connectivity index (χ2n) is 6.37. The Morgan fingerprint density at radius 1 is 1.30 bits per heavy atom. The van der Waals surface area contributed by atoms with Gasteiger partial charge in [-0.15, -0.1) is 0 Å². The topological polar surface area (TPSA) is 81.1 Å². The summed E-state index contributed by atoms with van der Waals surface area (Å²) in [7, 11) is 0. The van der Waals surface area contributed by atoms with E-state index in [1.807, 2.05) is 24.5 Å². The summed E-state index contributed by atoms with van der Waals surface area (Å²) >= 11 is 0. The van der Waals surface area contributed by atoms with Crippen molar-refractivity contribution in [1.29, 1.82) is 0 Å². The number of aliphatic carboxylic acids is 1. The maximum Gasteiger partial charge on any atom is 0.311 e. The van der Waals surface area contributed by atoms with E-state index in [9.17, 15) is 9.90 Å². The highest BCUT2D eigenvalue weighted by atomic mass is 16.4. The molecule has 0 saturated heterocycles. The summed E-state index contributed by atoms with van der Waals surface area (Å²) < 4.78 is 2.20. The molecular formula is C18H23N3O2. The maximum absolute atomic E-state index is 11.7. The predicted molar refractivity (Wildman–Crippen MR) is 89.3 cm³/mol. The highest BCUT2D eigenvalue weighted by Gasteiger charge is 2.23. The summed E-state index contributed by atoms with van der Waals surface area (Å²) in [6.45, 7) is 0. The van der Waals surface area contributed by atoms with E-state index >= 15 is 0 Å². The molecule has 2 aromatic heterocycles. The number of carboxylic acid groups (broad SMARTS) is 1. The standard InChI is InChI=1S/C18H23N3O2/c19-17-7-6-13(11-20-17)10-16(18(22)23)14-8-9-21(12-14)15-4-2-1-3-5-15/h6-9,11-12,15-16H,1-5,10H2,(H2,19,20)(H,22,23)/t16-/m1/s1. The third kappa shape index (κ3) is 3.73. The molecule has 0 unspecified atom stereocenters. The number of carbonyl (C=O) groups is 1. The van der Waals surface area contributed by atoms with Gasteiger partial charge in [-0.1, -0.05) is 25.3 Å². The van der Waals surface area contributed by atoms with Gasteiger partial charge in [0, 0.05) is 24.6 Å². The minimum Gasteiger partial charge on any atom is -0.481 e. The molecule has 5 heteroatoms. The quantitative estimate of drug-likeness (QED) is 0.886. The van der Waals surface area contributed by atoms with Gasteiger partial charge in [-0.3, -0.25) is 4.79 Å². The summed E-state index contributed by atoms with van der Waals surface area (Å²) in [6, 6.07) is 6.01. The Kier molecular flexibility index (Phi) is 4.65. The first-order valence-corrected chi connectivity index (χ1v) is 8.24. The van der Waals surface area contributed by atoms with Crippen LogP contribution < -0.4 is 5.73 Å². The van der Waals surface area contributed by atoms with Gasteiger partial charge in [0.2, 0.25) is 0 Å². The first-order valence-electron chi connectivity index (χ1n) is 8.24. The molecule has 23 heavy (non-hydrogen) atoms. The molecule has 3 N–H and O–H groups in total. The summed E-state index contributed by atoms with van der Waals surface area (Å²) in [5.74, 6) is -0.905. The van der Waals surface area contributed by atoms with E-state index in [1.54, 1.807) is 12.3 Å². The van der Waals surface area contributed by atoms with Crippen LogP contribution in [0.25, 0.3) is 0 Å². The Morgan fingerprint density at radius 3 is 2.74 bits per heavy atom. The molecule has 1 fully saturated rings. The molecule has 1 atom stereocenters. The summed E-state index contributed by atoms with van der Waals surface area (Å²) in [5, 5.41) is 9.61. The molecule has 0 spiro atoms.